The van der Waals surface area contributed by atoms with E-state index >= 15 is 0 Å². The Morgan fingerprint density at radius 3 is 2.62 bits per heavy atom. The van der Waals surface area contributed by atoms with Crippen molar-refractivity contribution in [3.8, 4) is 6.07 Å². The molecule has 1 heterocycles. The minimum Gasteiger partial charge on any atom is -0.308 e. The van der Waals surface area contributed by atoms with E-state index in [2.05, 4.69) is 6.07 Å². The van der Waals surface area contributed by atoms with Crippen molar-refractivity contribution in [3.63, 3.8) is 0 Å². The van der Waals surface area contributed by atoms with Crippen LogP contribution in [0.25, 0.3) is 0 Å². The maximum Gasteiger partial charge on any atom is 0.227 e. The Morgan fingerprint density at radius 2 is 1.90 bits per heavy atom. The standard InChI is InChI=1S/C17H13FN2O/c18-15-7-5-14-6-8-17(21)20(16(14)9-15)11-13-3-1-12(10-19)2-4-13/h1-5,7,9H,6,8,11H2. The van der Waals surface area contributed by atoms with Crippen molar-refractivity contribution >= 4 is 11.6 Å². The Hall–Kier alpha value is -2.67. The molecule has 3 nitrogen and oxygen atoms in total. The van der Waals surface area contributed by atoms with E-state index in [0.29, 0.717) is 30.6 Å². The normalized spacial score (nSPS) is 13.7. The van der Waals surface area contributed by atoms with Crippen LogP contribution >= 0.6 is 0 Å². The lowest BCUT2D eigenvalue weighted by Crippen LogP contribution is -2.34. The fourth-order valence-electron chi connectivity index (χ4n) is 2.55. The number of rotatable bonds is 2. The zero-order valence-corrected chi connectivity index (χ0v) is 11.3. The second-order valence-electron chi connectivity index (χ2n) is 5.06. The molecule has 0 aromatic heterocycles. The van der Waals surface area contributed by atoms with Crippen LogP contribution in [0.2, 0.25) is 0 Å². The van der Waals surface area contributed by atoms with Crippen LogP contribution in [0.3, 0.4) is 0 Å². The smallest absolute Gasteiger partial charge is 0.227 e. The zero-order valence-electron chi connectivity index (χ0n) is 11.3. The summed E-state index contributed by atoms with van der Waals surface area (Å²) in [6, 6.07) is 13.7. The summed E-state index contributed by atoms with van der Waals surface area (Å²) in [5.74, 6) is -0.342. The molecule has 0 fully saturated rings. The predicted octanol–water partition coefficient (Wildman–Crippen LogP) is 3.18. The first kappa shape index (κ1) is 13.3. The molecule has 4 heteroatoms. The van der Waals surface area contributed by atoms with Gasteiger partial charge in [0.25, 0.3) is 0 Å². The molecule has 3 rings (SSSR count). The number of hydrogen-bond donors (Lipinski definition) is 0. The van der Waals surface area contributed by atoms with E-state index in [-0.39, 0.29) is 11.7 Å². The van der Waals surface area contributed by atoms with Gasteiger partial charge >= 0.3 is 0 Å². The second-order valence-corrected chi connectivity index (χ2v) is 5.06. The van der Waals surface area contributed by atoms with Gasteiger partial charge in [0.05, 0.1) is 23.9 Å². The van der Waals surface area contributed by atoms with Crippen molar-refractivity contribution in [2.24, 2.45) is 0 Å². The van der Waals surface area contributed by atoms with E-state index in [0.717, 1.165) is 11.1 Å². The van der Waals surface area contributed by atoms with Crippen molar-refractivity contribution in [1.29, 1.82) is 5.26 Å². The number of benzene rings is 2. The fourth-order valence-corrected chi connectivity index (χ4v) is 2.55. The number of carbonyl (C=O) groups is 1. The van der Waals surface area contributed by atoms with Crippen molar-refractivity contribution in [2.75, 3.05) is 4.90 Å². The van der Waals surface area contributed by atoms with Gasteiger partial charge in [0.1, 0.15) is 5.82 Å². The molecule has 1 aliphatic heterocycles. The minimum atomic E-state index is -0.340. The van der Waals surface area contributed by atoms with Gasteiger partial charge in [0, 0.05) is 6.42 Å². The van der Waals surface area contributed by atoms with E-state index < -0.39 is 0 Å². The summed E-state index contributed by atoms with van der Waals surface area (Å²) in [6.45, 7) is 0.390. The lowest BCUT2D eigenvalue weighted by molar-refractivity contribution is -0.119. The van der Waals surface area contributed by atoms with Gasteiger partial charge in [0.15, 0.2) is 0 Å². The summed E-state index contributed by atoms with van der Waals surface area (Å²) < 4.78 is 13.5. The third-order valence-corrected chi connectivity index (χ3v) is 3.67. The van der Waals surface area contributed by atoms with Crippen molar-refractivity contribution in [2.45, 2.75) is 19.4 Å². The number of amides is 1. The first-order valence-corrected chi connectivity index (χ1v) is 6.75. The van der Waals surface area contributed by atoms with Gasteiger partial charge in [-0.05, 0) is 41.8 Å². The van der Waals surface area contributed by atoms with Crippen molar-refractivity contribution in [1.82, 2.24) is 0 Å². The van der Waals surface area contributed by atoms with Crippen LogP contribution in [0.5, 0.6) is 0 Å². The number of aryl methyl sites for hydroxylation is 1. The van der Waals surface area contributed by atoms with Crippen LogP contribution in [0.4, 0.5) is 10.1 Å². The Labute approximate surface area is 122 Å². The van der Waals surface area contributed by atoms with Gasteiger partial charge in [0.2, 0.25) is 5.91 Å². The van der Waals surface area contributed by atoms with Gasteiger partial charge in [-0.2, -0.15) is 5.26 Å². The molecule has 21 heavy (non-hydrogen) atoms. The number of nitrogens with zero attached hydrogens (tertiary/aromatic N) is 2. The summed E-state index contributed by atoms with van der Waals surface area (Å²) in [5.41, 5.74) is 3.13. The molecular formula is C17H13FN2O. The molecule has 0 saturated carbocycles. The molecule has 0 spiro atoms. The summed E-state index contributed by atoms with van der Waals surface area (Å²) in [5, 5.41) is 8.80. The highest BCUT2D eigenvalue weighted by Crippen LogP contribution is 2.30. The third-order valence-electron chi connectivity index (χ3n) is 3.67. The average Bonchev–Trinajstić information content (AvgIpc) is 2.51. The molecular weight excluding hydrogens is 267 g/mol. The Bertz CT molecular complexity index is 731. The van der Waals surface area contributed by atoms with Crippen LogP contribution in [0, 0.1) is 17.1 Å². The number of anilines is 1. The van der Waals surface area contributed by atoms with E-state index in [9.17, 15) is 9.18 Å². The number of halogens is 1. The van der Waals surface area contributed by atoms with E-state index in [4.69, 9.17) is 5.26 Å². The molecule has 0 aliphatic carbocycles. The average molecular weight is 280 g/mol. The first-order chi connectivity index (χ1) is 10.2. The molecule has 0 unspecified atom stereocenters. The molecule has 2 aromatic rings. The Morgan fingerprint density at radius 1 is 1.14 bits per heavy atom. The summed E-state index contributed by atoms with van der Waals surface area (Å²) in [6.07, 6.45) is 1.09. The molecule has 1 amide bonds. The quantitative estimate of drug-likeness (QED) is 0.848. The highest BCUT2D eigenvalue weighted by molar-refractivity contribution is 5.96. The number of carbonyl (C=O) groups excluding carboxylic acids is 1. The lowest BCUT2D eigenvalue weighted by atomic mass is 10.00. The largest absolute Gasteiger partial charge is 0.308 e. The molecule has 0 radical (unpaired) electrons. The predicted molar refractivity (Wildman–Crippen MR) is 77.1 cm³/mol. The Kier molecular flexibility index (Phi) is 3.41. The fraction of sp³-hybridized carbons (Fsp3) is 0.176. The van der Waals surface area contributed by atoms with E-state index in [1.807, 2.05) is 12.1 Å². The molecule has 0 bridgehead atoms. The van der Waals surface area contributed by atoms with Crippen LogP contribution in [-0.4, -0.2) is 5.91 Å². The zero-order chi connectivity index (χ0) is 14.8. The maximum absolute atomic E-state index is 13.5. The van der Waals surface area contributed by atoms with Gasteiger partial charge in [-0.15, -0.1) is 0 Å². The monoisotopic (exact) mass is 280 g/mol. The SMILES string of the molecule is N#Cc1ccc(CN2C(=O)CCc3ccc(F)cc32)cc1. The maximum atomic E-state index is 13.5. The van der Waals surface area contributed by atoms with Crippen LogP contribution in [0.1, 0.15) is 23.1 Å². The molecule has 104 valence electrons. The number of nitriles is 1. The summed E-state index contributed by atoms with van der Waals surface area (Å²) in [4.78, 5) is 13.8. The number of hydrogen-bond acceptors (Lipinski definition) is 2. The van der Waals surface area contributed by atoms with E-state index in [1.165, 1.54) is 12.1 Å². The minimum absolute atomic E-state index is 0.00235. The Balaban J connectivity index is 1.92. The van der Waals surface area contributed by atoms with Crippen LogP contribution < -0.4 is 4.90 Å². The van der Waals surface area contributed by atoms with Crippen LogP contribution in [-0.2, 0) is 17.8 Å². The summed E-state index contributed by atoms with van der Waals surface area (Å²) >= 11 is 0. The second kappa shape index (κ2) is 5.37. The third kappa shape index (κ3) is 2.63. The molecule has 2 aromatic carbocycles. The highest BCUT2D eigenvalue weighted by atomic mass is 19.1. The van der Waals surface area contributed by atoms with Gasteiger partial charge in [-0.3, -0.25) is 4.79 Å². The first-order valence-electron chi connectivity index (χ1n) is 6.75. The molecule has 0 saturated heterocycles. The molecule has 1 aliphatic rings. The molecule has 0 atom stereocenters. The van der Waals surface area contributed by atoms with E-state index in [1.54, 1.807) is 23.1 Å². The van der Waals surface area contributed by atoms with Gasteiger partial charge < -0.3 is 4.90 Å². The lowest BCUT2D eigenvalue weighted by Gasteiger charge is -2.29. The highest BCUT2D eigenvalue weighted by Gasteiger charge is 2.24. The van der Waals surface area contributed by atoms with Gasteiger partial charge in [-0.1, -0.05) is 18.2 Å². The molecule has 0 N–H and O–H groups in total. The van der Waals surface area contributed by atoms with Gasteiger partial charge in [-0.25, -0.2) is 4.39 Å². The van der Waals surface area contributed by atoms with Crippen molar-refractivity contribution < 1.29 is 9.18 Å². The van der Waals surface area contributed by atoms with Crippen molar-refractivity contribution in [3.05, 3.63) is 65.0 Å². The summed E-state index contributed by atoms with van der Waals surface area (Å²) in [7, 11) is 0. The van der Waals surface area contributed by atoms with Crippen LogP contribution in [0.15, 0.2) is 42.5 Å². The number of fused-ring (bicyclic) bond motifs is 1. The topological polar surface area (TPSA) is 44.1 Å².